The summed E-state index contributed by atoms with van der Waals surface area (Å²) in [6.07, 6.45) is 4.27. The molecular weight excluding hydrogens is 166 g/mol. The molecule has 0 aromatic heterocycles. The number of nitrogens with zero attached hydrogens (tertiary/aromatic N) is 1. The zero-order chi connectivity index (χ0) is 9.68. The van der Waals surface area contributed by atoms with Crippen LogP contribution in [0.3, 0.4) is 0 Å². The quantitative estimate of drug-likeness (QED) is 0.354. The van der Waals surface area contributed by atoms with E-state index in [1.54, 1.807) is 0 Å². The van der Waals surface area contributed by atoms with Crippen LogP contribution in [0.5, 0.6) is 0 Å². The van der Waals surface area contributed by atoms with E-state index in [1.165, 1.54) is 12.8 Å². The summed E-state index contributed by atoms with van der Waals surface area (Å²) in [6, 6.07) is 0.741. The largest absolute Gasteiger partial charge is 0.300 e. The van der Waals surface area contributed by atoms with Crippen molar-refractivity contribution < 1.29 is 4.79 Å². The van der Waals surface area contributed by atoms with Crippen molar-refractivity contribution in [1.29, 1.82) is 0 Å². The molecule has 3 N–H and O–H groups in total. The van der Waals surface area contributed by atoms with E-state index in [0.29, 0.717) is 6.42 Å². The molecule has 4 heteroatoms. The fourth-order valence-corrected chi connectivity index (χ4v) is 1.52. The Hall–Kier alpha value is -0.610. The highest BCUT2D eigenvalue weighted by Gasteiger charge is 2.28. The molecule has 0 spiro atoms. The first-order valence-corrected chi connectivity index (χ1v) is 5.01. The predicted molar refractivity (Wildman–Crippen MR) is 51.8 cm³/mol. The number of carbonyl (C=O) groups excluding carboxylic acids is 1. The Morgan fingerprint density at radius 3 is 2.69 bits per heavy atom. The van der Waals surface area contributed by atoms with Gasteiger partial charge in [0.15, 0.2) is 0 Å². The topological polar surface area (TPSA) is 58.4 Å². The number of nitrogens with one attached hydrogen (secondary N) is 1. The standard InChI is InChI=1S/C9H19N3O/c1-2-6-12(8-3-4-8)7-5-9(13)11-10/h8H,2-7,10H2,1H3,(H,11,13). The summed E-state index contributed by atoms with van der Waals surface area (Å²) in [5, 5.41) is 0. The van der Waals surface area contributed by atoms with E-state index >= 15 is 0 Å². The van der Waals surface area contributed by atoms with Crippen molar-refractivity contribution in [3.05, 3.63) is 0 Å². The van der Waals surface area contributed by atoms with Crippen molar-refractivity contribution in [3.8, 4) is 0 Å². The number of carbonyl (C=O) groups is 1. The monoisotopic (exact) mass is 185 g/mol. The molecule has 0 heterocycles. The first kappa shape index (κ1) is 10.5. The summed E-state index contributed by atoms with van der Waals surface area (Å²) < 4.78 is 0. The normalized spacial score (nSPS) is 16.2. The minimum Gasteiger partial charge on any atom is -0.300 e. The second kappa shape index (κ2) is 5.19. The Balaban J connectivity index is 2.17. The van der Waals surface area contributed by atoms with Crippen LogP contribution in [0.2, 0.25) is 0 Å². The lowest BCUT2D eigenvalue weighted by molar-refractivity contribution is -0.121. The molecular formula is C9H19N3O. The second-order valence-corrected chi connectivity index (χ2v) is 3.58. The Kier molecular flexibility index (Phi) is 4.18. The van der Waals surface area contributed by atoms with Crippen molar-refractivity contribution in [3.63, 3.8) is 0 Å². The van der Waals surface area contributed by atoms with Crippen LogP contribution in [-0.4, -0.2) is 29.9 Å². The van der Waals surface area contributed by atoms with E-state index in [1.807, 2.05) is 0 Å². The van der Waals surface area contributed by atoms with Crippen molar-refractivity contribution in [2.24, 2.45) is 5.84 Å². The minimum atomic E-state index is -0.0678. The SMILES string of the molecule is CCCN(CCC(=O)NN)C1CC1. The third kappa shape index (κ3) is 3.74. The molecule has 1 fully saturated rings. The molecule has 0 unspecified atom stereocenters. The van der Waals surface area contributed by atoms with Gasteiger partial charge in [-0.05, 0) is 25.8 Å². The molecule has 1 rings (SSSR count). The van der Waals surface area contributed by atoms with Gasteiger partial charge in [0.1, 0.15) is 0 Å². The summed E-state index contributed by atoms with van der Waals surface area (Å²) in [7, 11) is 0. The van der Waals surface area contributed by atoms with Crippen molar-refractivity contribution in [1.82, 2.24) is 10.3 Å². The number of hydrazine groups is 1. The van der Waals surface area contributed by atoms with E-state index in [4.69, 9.17) is 5.84 Å². The van der Waals surface area contributed by atoms with Crippen molar-refractivity contribution >= 4 is 5.91 Å². The number of amides is 1. The highest BCUT2D eigenvalue weighted by Crippen LogP contribution is 2.26. The number of hydrogen-bond donors (Lipinski definition) is 2. The van der Waals surface area contributed by atoms with Gasteiger partial charge in [0.25, 0.3) is 0 Å². The Bertz CT molecular complexity index is 168. The summed E-state index contributed by atoms with van der Waals surface area (Å²) in [5.41, 5.74) is 2.16. The molecule has 4 nitrogen and oxygen atoms in total. The van der Waals surface area contributed by atoms with Gasteiger partial charge < -0.3 is 0 Å². The van der Waals surface area contributed by atoms with Crippen LogP contribution >= 0.6 is 0 Å². The molecule has 13 heavy (non-hydrogen) atoms. The van der Waals surface area contributed by atoms with E-state index in [-0.39, 0.29) is 5.91 Å². The van der Waals surface area contributed by atoms with Crippen LogP contribution < -0.4 is 11.3 Å². The molecule has 0 radical (unpaired) electrons. The van der Waals surface area contributed by atoms with Crippen LogP contribution in [0.25, 0.3) is 0 Å². The highest BCUT2D eigenvalue weighted by atomic mass is 16.2. The summed E-state index contributed by atoms with van der Waals surface area (Å²) in [4.78, 5) is 13.3. The molecule has 1 aliphatic carbocycles. The molecule has 0 aromatic rings. The fourth-order valence-electron chi connectivity index (χ4n) is 1.52. The van der Waals surface area contributed by atoms with Gasteiger partial charge in [-0.2, -0.15) is 0 Å². The molecule has 0 saturated heterocycles. The highest BCUT2D eigenvalue weighted by molar-refractivity contribution is 5.75. The van der Waals surface area contributed by atoms with E-state index in [2.05, 4.69) is 17.2 Å². The maximum Gasteiger partial charge on any atom is 0.235 e. The molecule has 0 aromatic carbocycles. The molecule has 1 aliphatic rings. The lowest BCUT2D eigenvalue weighted by Gasteiger charge is -2.20. The second-order valence-electron chi connectivity index (χ2n) is 3.58. The van der Waals surface area contributed by atoms with Gasteiger partial charge >= 0.3 is 0 Å². The summed E-state index contributed by atoms with van der Waals surface area (Å²) in [6.45, 7) is 4.11. The third-order valence-electron chi connectivity index (χ3n) is 2.36. The lowest BCUT2D eigenvalue weighted by Crippen LogP contribution is -2.35. The Morgan fingerprint density at radius 1 is 1.54 bits per heavy atom. The first-order valence-electron chi connectivity index (χ1n) is 5.01. The Labute approximate surface area is 79.4 Å². The molecule has 76 valence electrons. The molecule has 0 bridgehead atoms. The van der Waals surface area contributed by atoms with Gasteiger partial charge in [-0.3, -0.25) is 15.1 Å². The number of rotatable bonds is 6. The van der Waals surface area contributed by atoms with Crippen LogP contribution in [-0.2, 0) is 4.79 Å². The Morgan fingerprint density at radius 2 is 2.23 bits per heavy atom. The minimum absolute atomic E-state index is 0.0678. The smallest absolute Gasteiger partial charge is 0.235 e. The van der Waals surface area contributed by atoms with Crippen LogP contribution in [0.1, 0.15) is 32.6 Å². The van der Waals surface area contributed by atoms with Gasteiger partial charge in [-0.15, -0.1) is 0 Å². The van der Waals surface area contributed by atoms with Gasteiger partial charge in [0, 0.05) is 19.0 Å². The maximum absolute atomic E-state index is 10.9. The maximum atomic E-state index is 10.9. The van der Waals surface area contributed by atoms with Gasteiger partial charge in [-0.1, -0.05) is 6.92 Å². The molecule has 1 saturated carbocycles. The predicted octanol–water partition coefficient (Wildman–Crippen LogP) is 0.241. The summed E-state index contributed by atoms with van der Waals surface area (Å²) in [5.74, 6) is 4.94. The zero-order valence-corrected chi connectivity index (χ0v) is 8.25. The fraction of sp³-hybridized carbons (Fsp3) is 0.889. The third-order valence-corrected chi connectivity index (χ3v) is 2.36. The van der Waals surface area contributed by atoms with E-state index in [0.717, 1.165) is 25.6 Å². The van der Waals surface area contributed by atoms with Gasteiger partial charge in [0.05, 0.1) is 0 Å². The lowest BCUT2D eigenvalue weighted by atomic mass is 10.3. The van der Waals surface area contributed by atoms with Crippen molar-refractivity contribution in [2.75, 3.05) is 13.1 Å². The van der Waals surface area contributed by atoms with Crippen LogP contribution in [0.15, 0.2) is 0 Å². The van der Waals surface area contributed by atoms with Crippen LogP contribution in [0.4, 0.5) is 0 Å². The molecule has 1 amide bonds. The average molecular weight is 185 g/mol. The van der Waals surface area contributed by atoms with Crippen molar-refractivity contribution in [2.45, 2.75) is 38.6 Å². The van der Waals surface area contributed by atoms with E-state index in [9.17, 15) is 4.79 Å². The first-order chi connectivity index (χ1) is 6.27. The molecule has 0 aliphatic heterocycles. The number of nitrogens with two attached hydrogens (primary N) is 1. The molecule has 0 atom stereocenters. The average Bonchev–Trinajstić information content (AvgIpc) is 2.94. The zero-order valence-electron chi connectivity index (χ0n) is 8.25. The van der Waals surface area contributed by atoms with E-state index < -0.39 is 0 Å². The summed E-state index contributed by atoms with van der Waals surface area (Å²) >= 11 is 0. The van der Waals surface area contributed by atoms with Gasteiger partial charge in [-0.25, -0.2) is 5.84 Å². The number of hydrogen-bond acceptors (Lipinski definition) is 3. The van der Waals surface area contributed by atoms with Crippen LogP contribution in [0, 0.1) is 0 Å². The van der Waals surface area contributed by atoms with Gasteiger partial charge in [0.2, 0.25) is 5.91 Å².